The molecule has 0 radical (unpaired) electrons. The lowest BCUT2D eigenvalue weighted by Crippen LogP contribution is -2.31. The third-order valence-electron chi connectivity index (χ3n) is 1.36. The summed E-state index contributed by atoms with van der Waals surface area (Å²) in [5, 5.41) is 8.26. The van der Waals surface area contributed by atoms with E-state index in [4.69, 9.17) is 10.00 Å². The van der Waals surface area contributed by atoms with Gasteiger partial charge in [-0.1, -0.05) is 0 Å². The minimum absolute atomic E-state index is 0.387. The topological polar surface area (TPSA) is 48.6 Å². The van der Waals surface area contributed by atoms with Crippen LogP contribution >= 0.6 is 0 Å². The average Bonchev–Trinajstić information content (AvgIpc) is 2.05. The lowest BCUT2D eigenvalue weighted by Gasteiger charge is -2.19. The summed E-state index contributed by atoms with van der Waals surface area (Å²) >= 11 is 0. The summed E-state index contributed by atoms with van der Waals surface area (Å²) in [5.41, 5.74) is 0. The molecule has 0 atom stereocenters. The molecule has 0 aromatic rings. The minimum atomic E-state index is 0.387. The maximum atomic E-state index is 8.26. The van der Waals surface area contributed by atoms with E-state index in [1.807, 2.05) is 18.7 Å². The minimum Gasteiger partial charge on any atom is -0.468 e. The third-order valence-corrected chi connectivity index (χ3v) is 1.36. The Bertz CT molecular complexity index is 167. The van der Waals surface area contributed by atoms with E-state index in [0.717, 1.165) is 13.1 Å². The van der Waals surface area contributed by atoms with Crippen LogP contribution < -0.4 is 0 Å². The fourth-order valence-corrected chi connectivity index (χ4v) is 0.782. The molecule has 0 saturated carbocycles. The largest absolute Gasteiger partial charge is 0.468 e. The molecule has 0 aromatic heterocycles. The Balaban J connectivity index is 4.24. The number of nitriles is 1. The summed E-state index contributed by atoms with van der Waals surface area (Å²) in [4.78, 5) is 5.37. The molecule has 4 heteroatoms. The molecular formula is C7H13N3O. The van der Waals surface area contributed by atoms with Gasteiger partial charge in [-0.15, -0.1) is 4.99 Å². The predicted octanol–water partition coefficient (Wildman–Crippen LogP) is 0.812. The standard InChI is InChI=1S/C7H13N3O/c1-4-10(5-2)7(11-3)9-6-8/h4-5H2,1-3H3. The molecule has 0 spiro atoms. The van der Waals surface area contributed by atoms with Gasteiger partial charge in [0, 0.05) is 13.1 Å². The molecule has 0 aliphatic carbocycles. The summed E-state index contributed by atoms with van der Waals surface area (Å²) < 4.78 is 4.89. The fraction of sp³-hybridized carbons (Fsp3) is 0.714. The van der Waals surface area contributed by atoms with Crippen LogP contribution in [0.15, 0.2) is 4.99 Å². The van der Waals surface area contributed by atoms with Crippen LogP contribution in [0.2, 0.25) is 0 Å². The van der Waals surface area contributed by atoms with Crippen LogP contribution in [-0.4, -0.2) is 31.1 Å². The summed E-state index contributed by atoms with van der Waals surface area (Å²) in [6.45, 7) is 5.56. The van der Waals surface area contributed by atoms with Gasteiger partial charge in [0.05, 0.1) is 7.11 Å². The van der Waals surface area contributed by atoms with Gasteiger partial charge in [-0.25, -0.2) is 0 Å². The molecule has 0 aliphatic heterocycles. The van der Waals surface area contributed by atoms with E-state index in [-0.39, 0.29) is 0 Å². The second-order valence-corrected chi connectivity index (χ2v) is 1.87. The molecule has 62 valence electrons. The van der Waals surface area contributed by atoms with Crippen molar-refractivity contribution in [2.24, 2.45) is 4.99 Å². The summed E-state index contributed by atoms with van der Waals surface area (Å²) in [7, 11) is 1.51. The number of hydrogen-bond donors (Lipinski definition) is 0. The Labute approximate surface area is 67.1 Å². The monoisotopic (exact) mass is 155 g/mol. The Hall–Kier alpha value is -1.24. The maximum absolute atomic E-state index is 8.26. The predicted molar refractivity (Wildman–Crippen MR) is 43.0 cm³/mol. The number of rotatable bonds is 2. The number of aliphatic imine (C=N–C) groups is 1. The number of hydrogen-bond acceptors (Lipinski definition) is 3. The van der Waals surface area contributed by atoms with Gasteiger partial charge in [-0.3, -0.25) is 0 Å². The lowest BCUT2D eigenvalue weighted by atomic mass is 10.5. The van der Waals surface area contributed by atoms with E-state index >= 15 is 0 Å². The van der Waals surface area contributed by atoms with Gasteiger partial charge in [0.25, 0.3) is 0 Å². The highest BCUT2D eigenvalue weighted by molar-refractivity contribution is 5.74. The van der Waals surface area contributed by atoms with Gasteiger partial charge < -0.3 is 9.64 Å². The molecule has 4 nitrogen and oxygen atoms in total. The maximum Gasteiger partial charge on any atom is 0.302 e. The number of amidine groups is 1. The smallest absolute Gasteiger partial charge is 0.302 e. The van der Waals surface area contributed by atoms with Crippen LogP contribution in [-0.2, 0) is 4.74 Å². The van der Waals surface area contributed by atoms with Gasteiger partial charge in [0.1, 0.15) is 0 Å². The Kier molecular flexibility index (Phi) is 4.91. The first-order valence-electron chi connectivity index (χ1n) is 3.55. The van der Waals surface area contributed by atoms with Crippen molar-refractivity contribution in [1.29, 1.82) is 5.26 Å². The van der Waals surface area contributed by atoms with Crippen molar-refractivity contribution in [3.05, 3.63) is 0 Å². The molecule has 0 heterocycles. The fourth-order valence-electron chi connectivity index (χ4n) is 0.782. The van der Waals surface area contributed by atoms with Crippen LogP contribution in [0.5, 0.6) is 0 Å². The second kappa shape index (κ2) is 5.54. The van der Waals surface area contributed by atoms with E-state index in [0.29, 0.717) is 6.02 Å². The summed E-state index contributed by atoms with van der Waals surface area (Å²) in [6.07, 6.45) is 1.69. The molecule has 0 rings (SSSR count). The second-order valence-electron chi connectivity index (χ2n) is 1.87. The zero-order chi connectivity index (χ0) is 8.69. The van der Waals surface area contributed by atoms with Crippen molar-refractivity contribution in [1.82, 2.24) is 4.90 Å². The molecule has 0 bridgehead atoms. The first kappa shape index (κ1) is 9.76. The summed E-state index contributed by atoms with van der Waals surface area (Å²) in [6, 6.07) is 0.387. The van der Waals surface area contributed by atoms with E-state index in [2.05, 4.69) is 4.99 Å². The highest BCUT2D eigenvalue weighted by Gasteiger charge is 2.05. The van der Waals surface area contributed by atoms with Crippen LogP contribution in [0.3, 0.4) is 0 Å². The van der Waals surface area contributed by atoms with Crippen LogP contribution in [0.25, 0.3) is 0 Å². The first-order valence-corrected chi connectivity index (χ1v) is 3.55. The molecule has 0 saturated heterocycles. The third kappa shape index (κ3) is 2.89. The van der Waals surface area contributed by atoms with Crippen LogP contribution in [0.4, 0.5) is 0 Å². The van der Waals surface area contributed by atoms with Crippen molar-refractivity contribution >= 4 is 6.02 Å². The lowest BCUT2D eigenvalue weighted by molar-refractivity contribution is 0.296. The zero-order valence-corrected chi connectivity index (χ0v) is 7.16. The Morgan fingerprint density at radius 3 is 2.36 bits per heavy atom. The van der Waals surface area contributed by atoms with E-state index in [9.17, 15) is 0 Å². The molecule has 0 fully saturated rings. The van der Waals surface area contributed by atoms with E-state index < -0.39 is 0 Å². The highest BCUT2D eigenvalue weighted by Crippen LogP contribution is 1.91. The van der Waals surface area contributed by atoms with Crippen LogP contribution in [0.1, 0.15) is 13.8 Å². The average molecular weight is 155 g/mol. The van der Waals surface area contributed by atoms with Crippen molar-refractivity contribution in [2.45, 2.75) is 13.8 Å². The van der Waals surface area contributed by atoms with Gasteiger partial charge >= 0.3 is 6.02 Å². The van der Waals surface area contributed by atoms with Crippen molar-refractivity contribution in [2.75, 3.05) is 20.2 Å². The van der Waals surface area contributed by atoms with Crippen LogP contribution in [0, 0.1) is 11.5 Å². The van der Waals surface area contributed by atoms with Crippen molar-refractivity contribution in [3.63, 3.8) is 0 Å². The Morgan fingerprint density at radius 1 is 1.55 bits per heavy atom. The number of ether oxygens (including phenoxy) is 1. The number of nitrogens with zero attached hydrogens (tertiary/aromatic N) is 3. The molecule has 0 aliphatic rings. The molecule has 11 heavy (non-hydrogen) atoms. The first-order chi connectivity index (χ1) is 5.29. The summed E-state index contributed by atoms with van der Waals surface area (Å²) in [5.74, 6) is 0. The molecule has 0 aromatic carbocycles. The SMILES string of the molecule is CCN(CC)C(=NC#N)OC. The number of methoxy groups -OCH3 is 1. The zero-order valence-electron chi connectivity index (χ0n) is 7.16. The van der Waals surface area contributed by atoms with Gasteiger partial charge in [0.15, 0.2) is 0 Å². The molecule has 0 N–H and O–H groups in total. The van der Waals surface area contributed by atoms with Crippen molar-refractivity contribution in [3.8, 4) is 6.19 Å². The normalized spacial score (nSPS) is 10.5. The highest BCUT2D eigenvalue weighted by atomic mass is 16.5. The van der Waals surface area contributed by atoms with Gasteiger partial charge in [0.2, 0.25) is 6.19 Å². The Morgan fingerprint density at radius 2 is 2.09 bits per heavy atom. The molecular weight excluding hydrogens is 142 g/mol. The van der Waals surface area contributed by atoms with E-state index in [1.54, 1.807) is 6.19 Å². The quantitative estimate of drug-likeness (QED) is 0.337. The molecule has 0 amide bonds. The van der Waals surface area contributed by atoms with E-state index in [1.165, 1.54) is 7.11 Å². The molecule has 0 unspecified atom stereocenters. The van der Waals surface area contributed by atoms with Crippen molar-refractivity contribution < 1.29 is 4.74 Å². The van der Waals surface area contributed by atoms with Gasteiger partial charge in [-0.2, -0.15) is 5.26 Å². The van der Waals surface area contributed by atoms with Gasteiger partial charge in [-0.05, 0) is 13.8 Å².